The van der Waals surface area contributed by atoms with E-state index in [1.54, 1.807) is 4.90 Å². The first kappa shape index (κ1) is 14.6. The molecule has 1 rings (SSSR count). The number of benzene rings is 1. The van der Waals surface area contributed by atoms with E-state index in [9.17, 15) is 13.6 Å². The van der Waals surface area contributed by atoms with Gasteiger partial charge in [-0.15, -0.1) is 0 Å². The second-order valence-corrected chi connectivity index (χ2v) is 4.27. The summed E-state index contributed by atoms with van der Waals surface area (Å²) >= 11 is 0. The maximum absolute atomic E-state index is 13.5. The molecule has 0 aliphatic rings. The third-order valence-electron chi connectivity index (χ3n) is 2.96. The van der Waals surface area contributed by atoms with Crippen LogP contribution in [0.3, 0.4) is 0 Å². The van der Waals surface area contributed by atoms with Crippen LogP contribution < -0.4 is 0 Å². The van der Waals surface area contributed by atoms with E-state index in [-0.39, 0.29) is 24.7 Å². The minimum Gasteiger partial charge on any atom is -0.480 e. The molecule has 0 saturated heterocycles. The van der Waals surface area contributed by atoms with Gasteiger partial charge in [-0.25, -0.2) is 8.78 Å². The van der Waals surface area contributed by atoms with Gasteiger partial charge in [0, 0.05) is 18.2 Å². The largest absolute Gasteiger partial charge is 0.480 e. The Morgan fingerprint density at radius 3 is 2.67 bits per heavy atom. The fourth-order valence-corrected chi connectivity index (χ4v) is 1.69. The number of aliphatic carboxylic acids is 1. The van der Waals surface area contributed by atoms with Gasteiger partial charge in [0.05, 0.1) is 6.54 Å². The van der Waals surface area contributed by atoms with Crippen LogP contribution in [-0.2, 0) is 11.3 Å². The first-order valence-corrected chi connectivity index (χ1v) is 5.84. The molecular formula is C13H17F2NO2. The highest BCUT2D eigenvalue weighted by molar-refractivity contribution is 5.69. The summed E-state index contributed by atoms with van der Waals surface area (Å²) in [5.74, 6) is -2.80. The molecule has 0 heterocycles. The maximum Gasteiger partial charge on any atom is 0.317 e. The number of hydrogen-bond acceptors (Lipinski definition) is 2. The molecule has 1 aromatic carbocycles. The van der Waals surface area contributed by atoms with E-state index < -0.39 is 17.6 Å². The summed E-state index contributed by atoms with van der Waals surface area (Å²) in [7, 11) is 0. The van der Waals surface area contributed by atoms with Crippen molar-refractivity contribution in [3.05, 3.63) is 35.4 Å². The van der Waals surface area contributed by atoms with Crippen molar-refractivity contribution in [2.24, 2.45) is 0 Å². The molecule has 0 fully saturated rings. The van der Waals surface area contributed by atoms with Gasteiger partial charge in [0.15, 0.2) is 11.6 Å². The second-order valence-electron chi connectivity index (χ2n) is 4.27. The molecule has 5 heteroatoms. The average Bonchev–Trinajstić information content (AvgIpc) is 2.32. The van der Waals surface area contributed by atoms with Crippen LogP contribution in [0.1, 0.15) is 25.8 Å². The van der Waals surface area contributed by atoms with E-state index in [4.69, 9.17) is 5.11 Å². The third-order valence-corrected chi connectivity index (χ3v) is 2.96. The van der Waals surface area contributed by atoms with Gasteiger partial charge in [0.2, 0.25) is 0 Å². The number of carbonyl (C=O) groups is 1. The Kier molecular flexibility index (Phi) is 5.22. The molecule has 0 radical (unpaired) electrons. The minimum atomic E-state index is -0.980. The zero-order chi connectivity index (χ0) is 13.7. The molecule has 0 spiro atoms. The van der Waals surface area contributed by atoms with E-state index in [2.05, 4.69) is 0 Å². The predicted octanol–water partition coefficient (Wildman–Crippen LogP) is 2.65. The molecule has 0 aliphatic heterocycles. The van der Waals surface area contributed by atoms with Gasteiger partial charge >= 0.3 is 5.97 Å². The van der Waals surface area contributed by atoms with Crippen molar-refractivity contribution in [3.8, 4) is 0 Å². The smallest absolute Gasteiger partial charge is 0.317 e. The zero-order valence-corrected chi connectivity index (χ0v) is 10.5. The molecule has 18 heavy (non-hydrogen) atoms. The van der Waals surface area contributed by atoms with Crippen LogP contribution in [0.5, 0.6) is 0 Å². The first-order chi connectivity index (χ1) is 8.45. The number of halogens is 2. The molecule has 0 bridgehead atoms. The van der Waals surface area contributed by atoms with Crippen molar-refractivity contribution < 1.29 is 18.7 Å². The summed E-state index contributed by atoms with van der Waals surface area (Å²) in [4.78, 5) is 12.4. The molecular weight excluding hydrogens is 240 g/mol. The molecule has 0 amide bonds. The number of carboxylic acids is 1. The van der Waals surface area contributed by atoms with Gasteiger partial charge in [-0.3, -0.25) is 9.69 Å². The summed E-state index contributed by atoms with van der Waals surface area (Å²) in [6, 6.07) is 3.92. The lowest BCUT2D eigenvalue weighted by Gasteiger charge is -2.26. The highest BCUT2D eigenvalue weighted by Gasteiger charge is 2.18. The van der Waals surface area contributed by atoms with E-state index in [0.717, 1.165) is 12.5 Å². The Morgan fingerprint density at radius 2 is 2.11 bits per heavy atom. The molecule has 0 aromatic heterocycles. The van der Waals surface area contributed by atoms with Crippen LogP contribution >= 0.6 is 0 Å². The molecule has 1 atom stereocenters. The highest BCUT2D eigenvalue weighted by Crippen LogP contribution is 2.16. The minimum absolute atomic E-state index is 0.0104. The molecule has 0 saturated carbocycles. The second kappa shape index (κ2) is 6.44. The third kappa shape index (κ3) is 3.77. The Labute approximate surface area is 105 Å². The van der Waals surface area contributed by atoms with E-state index in [0.29, 0.717) is 0 Å². The highest BCUT2D eigenvalue weighted by atomic mass is 19.2. The van der Waals surface area contributed by atoms with Gasteiger partial charge < -0.3 is 5.11 Å². The van der Waals surface area contributed by atoms with Gasteiger partial charge in [-0.2, -0.15) is 0 Å². The lowest BCUT2D eigenvalue weighted by atomic mass is 10.1. The quantitative estimate of drug-likeness (QED) is 0.851. The normalized spacial score (nSPS) is 12.7. The Morgan fingerprint density at radius 1 is 1.44 bits per heavy atom. The topological polar surface area (TPSA) is 40.5 Å². The van der Waals surface area contributed by atoms with Crippen molar-refractivity contribution in [1.82, 2.24) is 4.90 Å². The number of nitrogens with zero attached hydrogens (tertiary/aromatic N) is 1. The Hall–Kier alpha value is -1.49. The maximum atomic E-state index is 13.5. The van der Waals surface area contributed by atoms with E-state index in [1.807, 2.05) is 13.8 Å². The van der Waals surface area contributed by atoms with Gasteiger partial charge in [-0.1, -0.05) is 19.1 Å². The Bertz CT molecular complexity index is 423. The van der Waals surface area contributed by atoms with Gasteiger partial charge in [0.25, 0.3) is 0 Å². The van der Waals surface area contributed by atoms with Crippen LogP contribution in [0.4, 0.5) is 8.78 Å². The lowest BCUT2D eigenvalue weighted by Crippen LogP contribution is -2.36. The fourth-order valence-electron chi connectivity index (χ4n) is 1.69. The SMILES string of the molecule is CCC(C)N(CC(=O)O)Cc1cccc(F)c1F. The van der Waals surface area contributed by atoms with Crippen LogP contribution in [0, 0.1) is 11.6 Å². The van der Waals surface area contributed by atoms with Gasteiger partial charge in [0.1, 0.15) is 0 Å². The van der Waals surface area contributed by atoms with Crippen molar-refractivity contribution in [2.75, 3.05) is 6.54 Å². The average molecular weight is 257 g/mol. The number of rotatable bonds is 6. The van der Waals surface area contributed by atoms with Gasteiger partial charge in [-0.05, 0) is 19.4 Å². The van der Waals surface area contributed by atoms with Crippen molar-refractivity contribution >= 4 is 5.97 Å². The molecule has 1 N–H and O–H groups in total. The van der Waals surface area contributed by atoms with Crippen LogP contribution in [0.2, 0.25) is 0 Å². The van der Waals surface area contributed by atoms with Crippen LogP contribution in [0.15, 0.2) is 18.2 Å². The summed E-state index contributed by atoms with van der Waals surface area (Å²) in [6.45, 7) is 3.68. The Balaban J connectivity index is 2.88. The fraction of sp³-hybridized carbons (Fsp3) is 0.462. The summed E-state index contributed by atoms with van der Waals surface area (Å²) < 4.78 is 26.6. The molecule has 3 nitrogen and oxygen atoms in total. The van der Waals surface area contributed by atoms with Crippen molar-refractivity contribution in [3.63, 3.8) is 0 Å². The monoisotopic (exact) mass is 257 g/mol. The van der Waals surface area contributed by atoms with Crippen LogP contribution in [0.25, 0.3) is 0 Å². The number of hydrogen-bond donors (Lipinski definition) is 1. The summed E-state index contributed by atoms with van der Waals surface area (Å²) in [5, 5.41) is 8.82. The summed E-state index contributed by atoms with van der Waals surface area (Å²) in [6.07, 6.45) is 0.740. The van der Waals surface area contributed by atoms with Crippen molar-refractivity contribution in [1.29, 1.82) is 0 Å². The van der Waals surface area contributed by atoms with E-state index >= 15 is 0 Å². The van der Waals surface area contributed by atoms with Crippen molar-refractivity contribution in [2.45, 2.75) is 32.9 Å². The number of carboxylic acid groups (broad SMARTS) is 1. The zero-order valence-electron chi connectivity index (χ0n) is 10.5. The predicted molar refractivity (Wildman–Crippen MR) is 64.2 cm³/mol. The molecule has 0 aliphatic carbocycles. The standard InChI is InChI=1S/C13H17F2NO2/c1-3-9(2)16(8-12(17)18)7-10-5-4-6-11(14)13(10)15/h4-6,9H,3,7-8H2,1-2H3,(H,17,18). The lowest BCUT2D eigenvalue weighted by molar-refractivity contribution is -0.139. The molecule has 1 aromatic rings. The first-order valence-electron chi connectivity index (χ1n) is 5.84. The summed E-state index contributed by atoms with van der Waals surface area (Å²) in [5.41, 5.74) is 0.177. The van der Waals surface area contributed by atoms with E-state index in [1.165, 1.54) is 12.1 Å². The molecule has 100 valence electrons. The molecule has 1 unspecified atom stereocenters. The van der Waals surface area contributed by atoms with Crippen LogP contribution in [-0.4, -0.2) is 28.6 Å².